The predicted molar refractivity (Wildman–Crippen MR) is 258 cm³/mol. The van der Waals surface area contributed by atoms with Crippen LogP contribution < -0.4 is 0 Å². The second-order valence-corrected chi connectivity index (χ2v) is 26.1. The molecule has 0 amide bonds. The van der Waals surface area contributed by atoms with Crippen LogP contribution in [0.15, 0.2) is 11.6 Å². The summed E-state index contributed by atoms with van der Waals surface area (Å²) in [5.74, 6) is -7.91. The highest BCUT2D eigenvalue weighted by molar-refractivity contribution is 5.74. The molecule has 23 heteroatoms. The van der Waals surface area contributed by atoms with Gasteiger partial charge in [0.15, 0.2) is 24.8 Å². The van der Waals surface area contributed by atoms with Crippen LogP contribution in [0, 0.1) is 56.7 Å². The van der Waals surface area contributed by atoms with Crippen molar-refractivity contribution in [2.75, 3.05) is 19.8 Å². The lowest BCUT2D eigenvalue weighted by Gasteiger charge is -2.71. The van der Waals surface area contributed by atoms with E-state index in [2.05, 4.69) is 54.5 Å². The summed E-state index contributed by atoms with van der Waals surface area (Å²) in [5, 5.41) is 151. The standard InChI is InChI=1S/C53H86O23/c1-22-33(56)36(59)39(62)46(71-22)73-41-28(19-54)74-52(67,43(65)40(41)63)70-21-29-35(58)37(60)42(64)53(68,75-29)76-44(66)25-18-47(2,3)17-24-23(25)11-15-50(7)26(24)9-10-31-49(6)14-13-32(48(4,5)30(49)12-16-51(31,50)8)72-45-38(61)34(57)27(55)20-69-45/h9,22-25,27-43,45-46,54-65,67-68H,10-21H2,1-8H3. The van der Waals surface area contributed by atoms with E-state index in [1.165, 1.54) is 12.5 Å². The fourth-order valence-electron chi connectivity index (χ4n) is 16.4. The van der Waals surface area contributed by atoms with Gasteiger partial charge in [-0.15, -0.1) is 0 Å². The van der Waals surface area contributed by atoms with Gasteiger partial charge in [-0.05, 0) is 115 Å². The van der Waals surface area contributed by atoms with E-state index in [1.54, 1.807) is 0 Å². The molecule has 0 bridgehead atoms. The molecule has 14 N–H and O–H groups in total. The Morgan fingerprint density at radius 2 is 1.34 bits per heavy atom. The van der Waals surface area contributed by atoms with Crippen molar-refractivity contribution in [3.05, 3.63) is 11.6 Å². The van der Waals surface area contributed by atoms with E-state index in [-0.39, 0.29) is 52.1 Å². The summed E-state index contributed by atoms with van der Waals surface area (Å²) in [6.07, 6.45) is -20.5. The van der Waals surface area contributed by atoms with E-state index in [0.717, 1.165) is 44.9 Å². The molecule has 0 aromatic heterocycles. The average Bonchev–Trinajstić information content (AvgIpc) is 3.51. The summed E-state index contributed by atoms with van der Waals surface area (Å²) in [6.45, 7) is 15.0. The number of allylic oxidation sites excluding steroid dienone is 2. The van der Waals surface area contributed by atoms with Crippen molar-refractivity contribution >= 4 is 5.97 Å². The zero-order chi connectivity index (χ0) is 55.8. The van der Waals surface area contributed by atoms with E-state index in [1.807, 2.05) is 0 Å². The molecule has 76 heavy (non-hydrogen) atoms. The second-order valence-electron chi connectivity index (χ2n) is 26.1. The van der Waals surface area contributed by atoms with Crippen LogP contribution in [0.3, 0.4) is 0 Å². The third-order valence-corrected chi connectivity index (χ3v) is 20.9. The number of ether oxygens (including phenoxy) is 8. The Morgan fingerprint density at radius 1 is 0.684 bits per heavy atom. The number of aliphatic hydroxyl groups excluding tert-OH is 12. The maximum absolute atomic E-state index is 14.7. The maximum atomic E-state index is 14.7. The van der Waals surface area contributed by atoms with Gasteiger partial charge in [0.1, 0.15) is 73.2 Å². The molecule has 28 atom stereocenters. The number of aliphatic hydroxyl groups is 14. The lowest BCUT2D eigenvalue weighted by molar-refractivity contribution is -0.473. The topological polar surface area (TPSA) is 374 Å². The molecule has 9 aliphatic rings. The van der Waals surface area contributed by atoms with Crippen molar-refractivity contribution in [2.24, 2.45) is 56.7 Å². The predicted octanol–water partition coefficient (Wildman–Crippen LogP) is -1.87. The third-order valence-electron chi connectivity index (χ3n) is 20.9. The Labute approximate surface area is 442 Å². The Morgan fingerprint density at radius 3 is 2.03 bits per heavy atom. The monoisotopic (exact) mass is 1090 g/mol. The van der Waals surface area contributed by atoms with E-state index >= 15 is 0 Å². The van der Waals surface area contributed by atoms with Crippen molar-refractivity contribution in [1.82, 2.24) is 0 Å². The minimum absolute atomic E-state index is 0.0470. The molecule has 23 nitrogen and oxygen atoms in total. The minimum Gasteiger partial charge on any atom is -0.405 e. The van der Waals surface area contributed by atoms with Gasteiger partial charge in [0.05, 0.1) is 37.9 Å². The van der Waals surface area contributed by atoms with Crippen LogP contribution >= 0.6 is 0 Å². The number of rotatable bonds is 10. The highest BCUT2D eigenvalue weighted by Gasteiger charge is 2.69. The van der Waals surface area contributed by atoms with Crippen molar-refractivity contribution in [3.8, 4) is 0 Å². The summed E-state index contributed by atoms with van der Waals surface area (Å²) in [5.41, 5.74) is 0.145. The minimum atomic E-state index is -3.27. The summed E-state index contributed by atoms with van der Waals surface area (Å²) < 4.78 is 45.4. The lowest BCUT2D eigenvalue weighted by atomic mass is 9.34. The van der Waals surface area contributed by atoms with Gasteiger partial charge in [0, 0.05) is 0 Å². The molecule has 436 valence electrons. The number of carbonyl (C=O) groups excluding carboxylic acids is 1. The van der Waals surface area contributed by atoms with Gasteiger partial charge in [0.2, 0.25) is 0 Å². The molecular formula is C53H86O23. The van der Waals surface area contributed by atoms with Crippen molar-refractivity contribution < 1.29 is 114 Å². The first kappa shape index (κ1) is 59.0. The van der Waals surface area contributed by atoms with Crippen LogP contribution in [0.5, 0.6) is 0 Å². The van der Waals surface area contributed by atoms with E-state index < -0.39 is 147 Å². The molecule has 4 saturated heterocycles. The van der Waals surface area contributed by atoms with Gasteiger partial charge < -0.3 is 109 Å². The summed E-state index contributed by atoms with van der Waals surface area (Å²) in [6, 6.07) is 0. The first-order valence-corrected chi connectivity index (χ1v) is 27.3. The zero-order valence-corrected chi connectivity index (χ0v) is 44.8. The molecule has 4 saturated carbocycles. The smallest absolute Gasteiger partial charge is 0.357 e. The molecule has 8 fully saturated rings. The number of hydrogen-bond acceptors (Lipinski definition) is 23. The van der Waals surface area contributed by atoms with Crippen LogP contribution in [0.25, 0.3) is 0 Å². The van der Waals surface area contributed by atoms with Crippen LogP contribution in [0.2, 0.25) is 0 Å². The number of hydrogen-bond donors (Lipinski definition) is 14. The third kappa shape index (κ3) is 9.56. The van der Waals surface area contributed by atoms with Crippen LogP contribution in [-0.2, 0) is 42.7 Å². The van der Waals surface area contributed by atoms with Gasteiger partial charge in [-0.25, -0.2) is 0 Å². The highest BCUT2D eigenvalue weighted by Crippen LogP contribution is 2.75. The zero-order valence-electron chi connectivity index (χ0n) is 44.8. The van der Waals surface area contributed by atoms with Gasteiger partial charge in [-0.2, -0.15) is 0 Å². The molecule has 0 spiro atoms. The number of esters is 1. The SMILES string of the molecule is CC1OC(OC2C(CO)OC(O)(OCC3OC(O)(OC(=O)C4CC(C)(C)CC5C6=CCC7C8(C)CCC(OC9OCC(O)C(O)C9O)C(C)(C)C8CCC7(C)C6(C)CCC45)C(O)C(O)C3O)C(O)C2O)C(O)C(O)C1O. The average molecular weight is 1090 g/mol. The first-order chi connectivity index (χ1) is 35.3. The van der Waals surface area contributed by atoms with Crippen LogP contribution in [0.4, 0.5) is 0 Å². The van der Waals surface area contributed by atoms with E-state index in [9.17, 15) is 76.3 Å². The van der Waals surface area contributed by atoms with Gasteiger partial charge >= 0.3 is 17.9 Å². The fourth-order valence-corrected chi connectivity index (χ4v) is 16.4. The Kier molecular flexibility index (Phi) is 16.0. The van der Waals surface area contributed by atoms with E-state index in [4.69, 9.17) is 37.9 Å². The van der Waals surface area contributed by atoms with Crippen LogP contribution in [0.1, 0.15) is 113 Å². The summed E-state index contributed by atoms with van der Waals surface area (Å²) in [4.78, 5) is 14.7. The summed E-state index contributed by atoms with van der Waals surface area (Å²) in [7, 11) is 0. The normalized spacial score (nSPS) is 55.0. The molecule has 5 aliphatic carbocycles. The van der Waals surface area contributed by atoms with Crippen molar-refractivity contribution in [2.45, 2.75) is 235 Å². The van der Waals surface area contributed by atoms with E-state index in [0.29, 0.717) is 18.8 Å². The molecule has 9 rings (SSSR count). The molecule has 4 heterocycles. The molecule has 4 aliphatic heterocycles. The highest BCUT2D eigenvalue weighted by atomic mass is 16.9. The quantitative estimate of drug-likeness (QED) is 0.0493. The number of carbonyl (C=O) groups is 1. The van der Waals surface area contributed by atoms with Crippen molar-refractivity contribution in [1.29, 1.82) is 0 Å². The first-order valence-electron chi connectivity index (χ1n) is 27.3. The Balaban J connectivity index is 0.882. The Hall–Kier alpha value is -1.63. The van der Waals surface area contributed by atoms with Crippen LogP contribution in [-0.4, -0.2) is 219 Å². The maximum Gasteiger partial charge on any atom is 0.357 e. The molecule has 28 unspecified atom stereocenters. The second kappa shape index (κ2) is 20.7. The molecule has 0 aromatic carbocycles. The van der Waals surface area contributed by atoms with Gasteiger partial charge in [-0.1, -0.05) is 60.1 Å². The Bertz CT molecular complexity index is 2130. The molecule has 0 aromatic rings. The number of fused-ring (bicyclic) bond motifs is 7. The van der Waals surface area contributed by atoms with Crippen molar-refractivity contribution in [3.63, 3.8) is 0 Å². The van der Waals surface area contributed by atoms with Gasteiger partial charge in [-0.3, -0.25) is 4.79 Å². The molecular weight excluding hydrogens is 1000 g/mol. The fraction of sp³-hybridized carbons (Fsp3) is 0.943. The lowest BCUT2D eigenvalue weighted by Crippen LogP contribution is -2.70. The molecule has 0 radical (unpaired) electrons. The summed E-state index contributed by atoms with van der Waals surface area (Å²) >= 11 is 0. The largest absolute Gasteiger partial charge is 0.405 e. The van der Waals surface area contributed by atoms with Gasteiger partial charge in [0.25, 0.3) is 0 Å².